The van der Waals surface area contributed by atoms with E-state index in [0.29, 0.717) is 18.3 Å². The molecule has 1 aromatic carbocycles. The lowest BCUT2D eigenvalue weighted by atomic mass is 10.2. The lowest BCUT2D eigenvalue weighted by molar-refractivity contribution is -0.132. The van der Waals surface area contributed by atoms with E-state index in [-0.39, 0.29) is 12.5 Å². The van der Waals surface area contributed by atoms with E-state index < -0.39 is 0 Å². The fourth-order valence-electron chi connectivity index (χ4n) is 1.77. The minimum absolute atomic E-state index is 0.00389. The Morgan fingerprint density at radius 1 is 1.42 bits per heavy atom. The smallest absolute Gasteiger partial charge is 0.260 e. The molecule has 1 amide bonds. The van der Waals surface area contributed by atoms with Crippen LogP contribution >= 0.6 is 31.9 Å². The van der Waals surface area contributed by atoms with Crippen molar-refractivity contribution in [2.75, 3.05) is 13.7 Å². The summed E-state index contributed by atoms with van der Waals surface area (Å²) in [7, 11) is 1.82. The van der Waals surface area contributed by atoms with Gasteiger partial charge in [-0.2, -0.15) is 0 Å². The first-order valence-corrected chi connectivity index (χ1v) is 7.68. The largest absolute Gasteiger partial charge is 0.481 e. The van der Waals surface area contributed by atoms with E-state index in [1.165, 1.54) is 0 Å². The van der Waals surface area contributed by atoms with Gasteiger partial charge in [0.05, 0.1) is 8.95 Å². The summed E-state index contributed by atoms with van der Waals surface area (Å²) in [4.78, 5) is 13.7. The molecule has 0 aromatic heterocycles. The second-order valence-corrected chi connectivity index (χ2v) is 6.33. The Bertz CT molecular complexity index is 467. The van der Waals surface area contributed by atoms with Crippen molar-refractivity contribution in [2.45, 2.75) is 25.4 Å². The van der Waals surface area contributed by atoms with Gasteiger partial charge in [0.1, 0.15) is 5.75 Å². The van der Waals surface area contributed by atoms with Gasteiger partial charge in [-0.1, -0.05) is 0 Å². The summed E-state index contributed by atoms with van der Waals surface area (Å²) >= 11 is 6.86. The maximum Gasteiger partial charge on any atom is 0.260 e. The molecular formula is C13H16Br2N2O2. The number of carbonyl (C=O) groups is 1. The van der Waals surface area contributed by atoms with Crippen LogP contribution in [0.3, 0.4) is 0 Å². The van der Waals surface area contributed by atoms with Crippen molar-refractivity contribution in [3.63, 3.8) is 0 Å². The van der Waals surface area contributed by atoms with Crippen LogP contribution in [0.2, 0.25) is 0 Å². The van der Waals surface area contributed by atoms with E-state index in [1.807, 2.05) is 19.2 Å². The molecule has 1 aromatic rings. The number of nitrogens with zero attached hydrogens (tertiary/aromatic N) is 1. The first-order chi connectivity index (χ1) is 9.02. The number of hydrogen-bond acceptors (Lipinski definition) is 3. The lowest BCUT2D eigenvalue weighted by Crippen LogP contribution is -2.33. The fraction of sp³-hybridized carbons (Fsp3) is 0.462. The standard InChI is InChI=1S/C13H16Br2N2O2/c1-17(9-2-3-9)12(18)7-19-13-10(14)4-8(6-16)5-11(13)15/h4-5,9H,2-3,6-7,16H2,1H3. The molecule has 2 N–H and O–H groups in total. The fourth-order valence-corrected chi connectivity index (χ4v) is 3.28. The van der Waals surface area contributed by atoms with Crippen LogP contribution in [0.5, 0.6) is 5.75 Å². The van der Waals surface area contributed by atoms with Crippen molar-refractivity contribution in [1.82, 2.24) is 4.90 Å². The first-order valence-electron chi connectivity index (χ1n) is 6.09. The van der Waals surface area contributed by atoms with Gasteiger partial charge in [0.25, 0.3) is 5.91 Å². The number of ether oxygens (including phenoxy) is 1. The zero-order valence-electron chi connectivity index (χ0n) is 10.7. The quantitative estimate of drug-likeness (QED) is 0.839. The summed E-state index contributed by atoms with van der Waals surface area (Å²) in [6, 6.07) is 4.20. The molecule has 4 nitrogen and oxygen atoms in total. The van der Waals surface area contributed by atoms with Crippen molar-refractivity contribution in [3.8, 4) is 5.75 Å². The van der Waals surface area contributed by atoms with Gasteiger partial charge in [0.15, 0.2) is 6.61 Å². The Kier molecular flexibility index (Phi) is 4.86. The van der Waals surface area contributed by atoms with Crippen LogP contribution in [0, 0.1) is 0 Å². The number of likely N-dealkylation sites (N-methyl/N-ethyl adjacent to an activating group) is 1. The molecule has 0 bridgehead atoms. The Hall–Kier alpha value is -0.590. The minimum atomic E-state index is 0.00389. The molecule has 0 saturated heterocycles. The third-order valence-corrected chi connectivity index (χ3v) is 4.30. The topological polar surface area (TPSA) is 55.6 Å². The summed E-state index contributed by atoms with van der Waals surface area (Å²) in [5.74, 6) is 0.638. The van der Waals surface area contributed by atoms with Crippen LogP contribution in [0.4, 0.5) is 0 Å². The van der Waals surface area contributed by atoms with Crippen LogP contribution in [0.15, 0.2) is 21.1 Å². The Balaban J connectivity index is 2.00. The molecule has 6 heteroatoms. The summed E-state index contributed by atoms with van der Waals surface area (Å²) in [5, 5.41) is 0. The van der Waals surface area contributed by atoms with Gasteiger partial charge in [0, 0.05) is 19.6 Å². The first kappa shape index (κ1) is 14.8. The molecule has 104 valence electrons. The lowest BCUT2D eigenvalue weighted by Gasteiger charge is -2.17. The Morgan fingerprint density at radius 3 is 2.47 bits per heavy atom. The van der Waals surface area contributed by atoms with Crippen molar-refractivity contribution < 1.29 is 9.53 Å². The average molecular weight is 392 g/mol. The zero-order chi connectivity index (χ0) is 14.0. The molecule has 1 saturated carbocycles. The van der Waals surface area contributed by atoms with Gasteiger partial charge in [-0.15, -0.1) is 0 Å². The van der Waals surface area contributed by atoms with Gasteiger partial charge >= 0.3 is 0 Å². The predicted molar refractivity (Wildman–Crippen MR) is 81.0 cm³/mol. The van der Waals surface area contributed by atoms with E-state index in [4.69, 9.17) is 10.5 Å². The molecule has 1 aliphatic carbocycles. The monoisotopic (exact) mass is 390 g/mol. The summed E-state index contributed by atoms with van der Waals surface area (Å²) in [6.45, 7) is 0.507. The normalized spacial score (nSPS) is 14.3. The molecule has 0 spiro atoms. The van der Waals surface area contributed by atoms with Crippen molar-refractivity contribution in [1.29, 1.82) is 0 Å². The number of benzene rings is 1. The third-order valence-electron chi connectivity index (χ3n) is 3.12. The number of amides is 1. The van der Waals surface area contributed by atoms with Gasteiger partial charge in [0.2, 0.25) is 0 Å². The summed E-state index contributed by atoms with van der Waals surface area (Å²) < 4.78 is 7.19. The van der Waals surface area contributed by atoms with Gasteiger partial charge in [-0.05, 0) is 62.4 Å². The Labute approximate surface area is 129 Å². The van der Waals surface area contributed by atoms with Crippen molar-refractivity contribution in [2.24, 2.45) is 5.73 Å². The maximum absolute atomic E-state index is 11.9. The molecule has 0 unspecified atom stereocenters. The predicted octanol–water partition coefficient (Wildman–Crippen LogP) is 2.67. The van der Waals surface area contributed by atoms with Gasteiger partial charge < -0.3 is 15.4 Å². The molecule has 1 aliphatic rings. The highest BCUT2D eigenvalue weighted by Crippen LogP contribution is 2.35. The van der Waals surface area contributed by atoms with E-state index in [9.17, 15) is 4.79 Å². The zero-order valence-corrected chi connectivity index (χ0v) is 13.8. The van der Waals surface area contributed by atoms with Crippen LogP contribution in [0.1, 0.15) is 18.4 Å². The SMILES string of the molecule is CN(C(=O)COc1c(Br)cc(CN)cc1Br)C1CC1. The van der Waals surface area contributed by atoms with E-state index >= 15 is 0 Å². The number of nitrogens with two attached hydrogens (primary N) is 1. The molecule has 0 radical (unpaired) electrons. The van der Waals surface area contributed by atoms with Crippen molar-refractivity contribution in [3.05, 3.63) is 26.6 Å². The van der Waals surface area contributed by atoms with Gasteiger partial charge in [-0.3, -0.25) is 4.79 Å². The summed E-state index contributed by atoms with van der Waals surface area (Å²) in [6.07, 6.45) is 2.20. The molecule has 1 fully saturated rings. The number of halogens is 2. The van der Waals surface area contributed by atoms with Crippen LogP contribution in [0.25, 0.3) is 0 Å². The molecule has 0 atom stereocenters. The molecule has 19 heavy (non-hydrogen) atoms. The minimum Gasteiger partial charge on any atom is -0.481 e. The number of rotatable bonds is 5. The third kappa shape index (κ3) is 3.70. The van der Waals surface area contributed by atoms with Gasteiger partial charge in [-0.25, -0.2) is 0 Å². The highest BCUT2D eigenvalue weighted by atomic mass is 79.9. The van der Waals surface area contributed by atoms with E-state index in [2.05, 4.69) is 31.9 Å². The second kappa shape index (κ2) is 6.24. The van der Waals surface area contributed by atoms with Crippen LogP contribution < -0.4 is 10.5 Å². The van der Waals surface area contributed by atoms with Crippen LogP contribution in [-0.2, 0) is 11.3 Å². The number of carbonyl (C=O) groups excluding carboxylic acids is 1. The highest BCUT2D eigenvalue weighted by molar-refractivity contribution is 9.11. The van der Waals surface area contributed by atoms with E-state index in [1.54, 1.807) is 4.90 Å². The summed E-state index contributed by atoms with van der Waals surface area (Å²) in [5.41, 5.74) is 6.59. The molecule has 2 rings (SSSR count). The van der Waals surface area contributed by atoms with Crippen molar-refractivity contribution >= 4 is 37.8 Å². The van der Waals surface area contributed by atoms with E-state index in [0.717, 1.165) is 27.4 Å². The van der Waals surface area contributed by atoms with Crippen LogP contribution in [-0.4, -0.2) is 30.5 Å². The average Bonchev–Trinajstić information content (AvgIpc) is 3.20. The molecular weight excluding hydrogens is 376 g/mol. The maximum atomic E-state index is 11.9. The number of hydrogen-bond donors (Lipinski definition) is 1. The second-order valence-electron chi connectivity index (χ2n) is 4.62. The molecule has 0 heterocycles. The molecule has 0 aliphatic heterocycles. The Morgan fingerprint density at radius 2 is 2.00 bits per heavy atom. The highest BCUT2D eigenvalue weighted by Gasteiger charge is 2.29.